The molecule has 14 heavy (non-hydrogen) atoms. The molecule has 0 atom stereocenters. The molecule has 2 heteroatoms. The summed E-state index contributed by atoms with van der Waals surface area (Å²) in [6.45, 7) is 7.33. The van der Waals surface area contributed by atoms with Gasteiger partial charge in [-0.3, -0.25) is 0 Å². The van der Waals surface area contributed by atoms with E-state index in [4.69, 9.17) is 0 Å². The monoisotopic (exact) mass is 206 g/mol. The van der Waals surface area contributed by atoms with Crippen molar-refractivity contribution in [2.24, 2.45) is 0 Å². The average Bonchev–Trinajstić information content (AvgIpc) is 2.14. The lowest BCUT2D eigenvalue weighted by Gasteiger charge is -2.08. The zero-order chi connectivity index (χ0) is 10.6. The van der Waals surface area contributed by atoms with E-state index in [9.17, 15) is 5.11 Å². The van der Waals surface area contributed by atoms with Gasteiger partial charge in [0.2, 0.25) is 0 Å². The summed E-state index contributed by atoms with van der Waals surface area (Å²) >= 11 is 4.42. The SMILES string of the molecule is C=CCc1cc(O)cc(CC=C)c1S. The number of hydrogen-bond donors (Lipinski definition) is 2. The van der Waals surface area contributed by atoms with Crippen LogP contribution in [0.5, 0.6) is 5.75 Å². The first kappa shape index (κ1) is 10.9. The van der Waals surface area contributed by atoms with E-state index in [1.165, 1.54) is 0 Å². The van der Waals surface area contributed by atoms with Crippen LogP contribution in [-0.4, -0.2) is 5.11 Å². The molecular weight excluding hydrogens is 192 g/mol. The van der Waals surface area contributed by atoms with Crippen molar-refractivity contribution in [1.82, 2.24) is 0 Å². The molecule has 0 unspecified atom stereocenters. The molecule has 0 aliphatic rings. The van der Waals surface area contributed by atoms with Gasteiger partial charge < -0.3 is 5.11 Å². The van der Waals surface area contributed by atoms with Gasteiger partial charge in [0, 0.05) is 4.90 Å². The van der Waals surface area contributed by atoms with E-state index in [1.54, 1.807) is 24.3 Å². The van der Waals surface area contributed by atoms with Gasteiger partial charge in [-0.25, -0.2) is 0 Å². The fourth-order valence-electron chi connectivity index (χ4n) is 1.36. The molecule has 0 bridgehead atoms. The maximum atomic E-state index is 9.47. The molecule has 0 radical (unpaired) electrons. The van der Waals surface area contributed by atoms with Crippen LogP contribution < -0.4 is 0 Å². The number of hydrogen-bond acceptors (Lipinski definition) is 2. The van der Waals surface area contributed by atoms with Gasteiger partial charge in [-0.1, -0.05) is 12.2 Å². The second-order valence-corrected chi connectivity index (χ2v) is 3.55. The highest BCUT2D eigenvalue weighted by molar-refractivity contribution is 7.80. The first-order chi connectivity index (χ1) is 6.69. The zero-order valence-corrected chi connectivity index (χ0v) is 8.93. The Morgan fingerprint density at radius 1 is 1.14 bits per heavy atom. The van der Waals surface area contributed by atoms with E-state index in [0.717, 1.165) is 28.9 Å². The molecule has 0 heterocycles. The molecule has 0 saturated carbocycles. The lowest BCUT2D eigenvalue weighted by molar-refractivity contribution is 0.473. The van der Waals surface area contributed by atoms with Crippen LogP contribution in [0.3, 0.4) is 0 Å². The van der Waals surface area contributed by atoms with Crippen molar-refractivity contribution in [3.05, 3.63) is 48.6 Å². The van der Waals surface area contributed by atoms with Gasteiger partial charge in [-0.2, -0.15) is 0 Å². The first-order valence-electron chi connectivity index (χ1n) is 4.44. The van der Waals surface area contributed by atoms with Crippen LogP contribution in [0.1, 0.15) is 11.1 Å². The molecule has 0 spiro atoms. The minimum absolute atomic E-state index is 0.275. The van der Waals surface area contributed by atoms with E-state index in [2.05, 4.69) is 25.8 Å². The smallest absolute Gasteiger partial charge is 0.116 e. The second kappa shape index (κ2) is 4.91. The van der Waals surface area contributed by atoms with Gasteiger partial charge in [0.15, 0.2) is 0 Å². The minimum atomic E-state index is 0.275. The molecule has 0 aromatic heterocycles. The first-order valence-corrected chi connectivity index (χ1v) is 4.89. The summed E-state index contributed by atoms with van der Waals surface area (Å²) in [5.41, 5.74) is 2.00. The third kappa shape index (κ3) is 2.42. The average molecular weight is 206 g/mol. The third-order valence-electron chi connectivity index (χ3n) is 1.98. The second-order valence-electron chi connectivity index (χ2n) is 3.10. The van der Waals surface area contributed by atoms with Crippen molar-refractivity contribution >= 4 is 12.6 Å². The number of rotatable bonds is 4. The highest BCUT2D eigenvalue weighted by Crippen LogP contribution is 2.26. The van der Waals surface area contributed by atoms with Crippen LogP contribution in [0.15, 0.2) is 42.3 Å². The molecule has 1 aromatic rings. The predicted molar refractivity (Wildman–Crippen MR) is 63.2 cm³/mol. The van der Waals surface area contributed by atoms with Crippen LogP contribution in [0.25, 0.3) is 0 Å². The topological polar surface area (TPSA) is 20.2 Å². The van der Waals surface area contributed by atoms with Crippen molar-refractivity contribution in [3.63, 3.8) is 0 Å². The van der Waals surface area contributed by atoms with Crippen LogP contribution in [-0.2, 0) is 12.8 Å². The van der Waals surface area contributed by atoms with Gasteiger partial charge in [-0.05, 0) is 36.1 Å². The van der Waals surface area contributed by atoms with Crippen molar-refractivity contribution in [2.45, 2.75) is 17.7 Å². The number of phenolic OH excluding ortho intramolecular Hbond substituents is 1. The van der Waals surface area contributed by atoms with E-state index in [-0.39, 0.29) is 5.75 Å². The van der Waals surface area contributed by atoms with E-state index in [0.29, 0.717) is 0 Å². The summed E-state index contributed by atoms with van der Waals surface area (Å²) in [6, 6.07) is 3.44. The van der Waals surface area contributed by atoms with Crippen molar-refractivity contribution < 1.29 is 5.11 Å². The fraction of sp³-hybridized carbons (Fsp3) is 0.167. The van der Waals surface area contributed by atoms with Gasteiger partial charge in [0.25, 0.3) is 0 Å². The molecule has 1 rings (SSSR count). The normalized spacial score (nSPS) is 9.79. The lowest BCUT2D eigenvalue weighted by atomic mass is 10.0. The van der Waals surface area contributed by atoms with Crippen LogP contribution in [0, 0.1) is 0 Å². The summed E-state index contributed by atoms with van der Waals surface area (Å²) < 4.78 is 0. The molecule has 1 nitrogen and oxygen atoms in total. The summed E-state index contributed by atoms with van der Waals surface area (Å²) in [5.74, 6) is 0.275. The largest absolute Gasteiger partial charge is 0.508 e. The van der Waals surface area contributed by atoms with Gasteiger partial charge >= 0.3 is 0 Å². The lowest BCUT2D eigenvalue weighted by Crippen LogP contribution is -1.91. The number of thiol groups is 1. The Kier molecular flexibility index (Phi) is 3.84. The molecule has 0 fully saturated rings. The van der Waals surface area contributed by atoms with Crippen molar-refractivity contribution in [1.29, 1.82) is 0 Å². The van der Waals surface area contributed by atoms with Gasteiger partial charge in [-0.15, -0.1) is 25.8 Å². The van der Waals surface area contributed by atoms with Crippen molar-refractivity contribution in [2.75, 3.05) is 0 Å². The Balaban J connectivity index is 3.16. The highest BCUT2D eigenvalue weighted by atomic mass is 32.1. The molecule has 0 aliphatic heterocycles. The number of aromatic hydroxyl groups is 1. The predicted octanol–water partition coefficient (Wildman–Crippen LogP) is 3.14. The van der Waals surface area contributed by atoms with Gasteiger partial charge in [0.1, 0.15) is 5.75 Å². The van der Waals surface area contributed by atoms with Crippen molar-refractivity contribution in [3.8, 4) is 5.75 Å². The summed E-state index contributed by atoms with van der Waals surface area (Å²) in [4.78, 5) is 0.919. The Labute approximate surface area is 90.2 Å². The van der Waals surface area contributed by atoms with Crippen LogP contribution in [0.2, 0.25) is 0 Å². The Morgan fingerprint density at radius 2 is 1.57 bits per heavy atom. The Morgan fingerprint density at radius 3 is 1.93 bits per heavy atom. The molecule has 0 aliphatic carbocycles. The standard InChI is InChI=1S/C12H14OS/c1-3-5-9-7-11(13)8-10(6-4-2)12(9)14/h3-4,7-8,13-14H,1-2,5-6H2. The number of phenols is 1. The van der Waals surface area contributed by atoms with Gasteiger partial charge in [0.05, 0.1) is 0 Å². The Hall–Kier alpha value is -1.15. The van der Waals surface area contributed by atoms with E-state index < -0.39 is 0 Å². The molecular formula is C12H14OS. The molecule has 74 valence electrons. The van der Waals surface area contributed by atoms with Crippen LogP contribution in [0.4, 0.5) is 0 Å². The maximum Gasteiger partial charge on any atom is 0.116 e. The molecule has 0 amide bonds. The van der Waals surface area contributed by atoms with E-state index >= 15 is 0 Å². The molecule has 1 N–H and O–H groups in total. The summed E-state index contributed by atoms with van der Waals surface area (Å²) in [7, 11) is 0. The summed E-state index contributed by atoms with van der Waals surface area (Å²) in [5, 5.41) is 9.47. The van der Waals surface area contributed by atoms with Crippen LogP contribution >= 0.6 is 12.6 Å². The zero-order valence-electron chi connectivity index (χ0n) is 8.03. The summed E-state index contributed by atoms with van der Waals surface area (Å²) in [6.07, 6.45) is 5.03. The Bertz CT molecular complexity index is 324. The number of allylic oxidation sites excluding steroid dienone is 2. The molecule has 0 saturated heterocycles. The maximum absolute atomic E-state index is 9.47. The minimum Gasteiger partial charge on any atom is -0.508 e. The third-order valence-corrected chi connectivity index (χ3v) is 2.56. The highest BCUT2D eigenvalue weighted by Gasteiger charge is 2.05. The number of benzene rings is 1. The fourth-order valence-corrected chi connectivity index (χ4v) is 1.68. The molecule has 1 aromatic carbocycles. The van der Waals surface area contributed by atoms with E-state index in [1.807, 2.05) is 0 Å². The quantitative estimate of drug-likeness (QED) is 0.573.